The van der Waals surface area contributed by atoms with Crippen molar-refractivity contribution in [1.29, 1.82) is 0 Å². The number of aromatic nitrogens is 4. The Labute approximate surface area is 196 Å². The van der Waals surface area contributed by atoms with E-state index in [4.69, 9.17) is 16.7 Å². The Morgan fingerprint density at radius 1 is 0.939 bits per heavy atom. The minimum Gasteiger partial charge on any atom is -0.324 e. The number of hydrogen-bond donors (Lipinski definition) is 2. The maximum Gasteiger partial charge on any atom is 0.295 e. The summed E-state index contributed by atoms with van der Waals surface area (Å²) in [4.78, 5) is 3.15. The highest BCUT2D eigenvalue weighted by atomic mass is 32.1. The maximum absolute atomic E-state index is 4.93. The monoisotopic (exact) mass is 450 g/mol. The van der Waals surface area contributed by atoms with Crippen LogP contribution in [0.3, 0.4) is 0 Å². The van der Waals surface area contributed by atoms with E-state index < -0.39 is 0 Å². The first kappa shape index (κ1) is 20.8. The Kier molecular flexibility index (Phi) is 5.83. The van der Waals surface area contributed by atoms with Crippen molar-refractivity contribution in [3.63, 3.8) is 0 Å². The fraction of sp³-hybridized carbons (Fsp3) is 0.0741. The van der Waals surface area contributed by atoms with Gasteiger partial charge in [-0.3, -0.25) is 10.1 Å². The lowest BCUT2D eigenvalue weighted by atomic mass is 9.87. The van der Waals surface area contributed by atoms with Gasteiger partial charge in [0, 0.05) is 5.39 Å². The van der Waals surface area contributed by atoms with Crippen LogP contribution in [0.25, 0.3) is 34.2 Å². The zero-order valence-corrected chi connectivity index (χ0v) is 18.9. The number of allylic oxidation sites excluding steroid dienone is 1. The molecule has 33 heavy (non-hydrogen) atoms. The number of hydrogen-bond acceptors (Lipinski definition) is 4. The van der Waals surface area contributed by atoms with E-state index in [2.05, 4.69) is 100 Å². The summed E-state index contributed by atoms with van der Waals surface area (Å²) in [7, 11) is 0. The minimum absolute atomic E-state index is 0.266. The van der Waals surface area contributed by atoms with Gasteiger partial charge in [-0.05, 0) is 70.2 Å². The molecule has 0 aliphatic carbocycles. The van der Waals surface area contributed by atoms with Crippen molar-refractivity contribution in [2.24, 2.45) is 0 Å². The molecule has 0 saturated heterocycles. The van der Waals surface area contributed by atoms with Gasteiger partial charge in [-0.25, -0.2) is 0 Å². The molecule has 0 unspecified atom stereocenters. The van der Waals surface area contributed by atoms with E-state index in [9.17, 15) is 0 Å². The maximum atomic E-state index is 4.93. The number of benzene rings is 3. The smallest absolute Gasteiger partial charge is 0.295 e. The molecule has 0 amide bonds. The Morgan fingerprint density at radius 3 is 2.45 bits per heavy atom. The van der Waals surface area contributed by atoms with Crippen LogP contribution >= 0.6 is 12.2 Å². The second-order valence-electron chi connectivity index (χ2n) is 7.68. The van der Waals surface area contributed by atoms with Gasteiger partial charge in [-0.1, -0.05) is 78.8 Å². The first-order chi connectivity index (χ1) is 16.2. The fourth-order valence-electron chi connectivity index (χ4n) is 4.03. The molecule has 2 heterocycles. The van der Waals surface area contributed by atoms with Gasteiger partial charge in [0.15, 0.2) is 5.82 Å². The van der Waals surface area contributed by atoms with Crippen molar-refractivity contribution in [1.82, 2.24) is 20.3 Å². The first-order valence-corrected chi connectivity index (χ1v) is 11.2. The number of nitrogens with zero attached hydrogens (tertiary/aromatic N) is 2. The highest BCUT2D eigenvalue weighted by Crippen LogP contribution is 2.35. The summed E-state index contributed by atoms with van der Waals surface area (Å²) >= 11 is 4.93. The average molecular weight is 451 g/mol. The molecule has 0 radical (unpaired) electrons. The van der Waals surface area contributed by atoms with E-state index in [-0.39, 0.29) is 4.84 Å². The Morgan fingerprint density at radius 2 is 1.73 bits per heavy atom. The van der Waals surface area contributed by atoms with E-state index in [0.29, 0.717) is 5.82 Å². The summed E-state index contributed by atoms with van der Waals surface area (Å²) in [5, 5.41) is 12.2. The van der Waals surface area contributed by atoms with Gasteiger partial charge in [0.2, 0.25) is 0 Å². The molecular formula is C27H22N4OS. The summed E-state index contributed by atoms with van der Waals surface area (Å²) in [6.45, 7) is 2.21. The fourth-order valence-corrected chi connectivity index (χ4v) is 4.17. The average Bonchev–Trinajstić information content (AvgIpc) is 3.50. The zero-order chi connectivity index (χ0) is 22.6. The second kappa shape index (κ2) is 9.22. The normalized spacial score (nSPS) is 12.4. The largest absolute Gasteiger partial charge is 0.324 e. The van der Waals surface area contributed by atoms with E-state index in [0.717, 1.165) is 28.5 Å². The molecule has 0 spiro atoms. The van der Waals surface area contributed by atoms with Crippen LogP contribution in [-0.2, 0) is 0 Å². The molecule has 6 heteroatoms. The number of nitrogens with one attached hydrogen (secondary N) is 2. The van der Waals surface area contributed by atoms with Crippen LogP contribution in [0, 0.1) is 4.84 Å². The van der Waals surface area contributed by atoms with Gasteiger partial charge >= 0.3 is 0 Å². The van der Waals surface area contributed by atoms with Crippen molar-refractivity contribution in [2.75, 3.05) is 0 Å². The third-order valence-corrected chi connectivity index (χ3v) is 5.77. The van der Waals surface area contributed by atoms with Gasteiger partial charge in [0.05, 0.1) is 11.7 Å². The Hall–Kier alpha value is -4.03. The van der Waals surface area contributed by atoms with Gasteiger partial charge in [-0.2, -0.15) is 5.10 Å². The predicted octanol–water partition coefficient (Wildman–Crippen LogP) is 7.15. The standard InChI is InChI=1S/C27H22N4OS/c1-2-23(19-6-4-3-5-7-19)26(21-13-14-24-22(16-21)17-28-30-24)20-11-8-18(9-12-20)10-15-25-29-27(33)32-31-25/h3-17H,2H2,1H3,(H,28,30)(H,29,31,33)/b15-10+,26-23+. The lowest BCUT2D eigenvalue weighted by molar-refractivity contribution is 0.403. The molecule has 162 valence electrons. The molecule has 0 aliphatic rings. The van der Waals surface area contributed by atoms with Crippen molar-refractivity contribution in [3.8, 4) is 0 Å². The minimum atomic E-state index is 0.266. The highest BCUT2D eigenvalue weighted by Gasteiger charge is 2.14. The quantitative estimate of drug-likeness (QED) is 0.213. The SMILES string of the molecule is CC/C(=C(/c1ccc(/C=C/c2noc(=S)[nH]2)cc1)c1ccc2[nH]ncc2c1)c1ccccc1. The summed E-state index contributed by atoms with van der Waals surface area (Å²) in [6.07, 6.45) is 6.61. The molecule has 0 saturated carbocycles. The topological polar surface area (TPSA) is 70.5 Å². The number of aromatic amines is 2. The van der Waals surface area contributed by atoms with Crippen LogP contribution in [0.15, 0.2) is 83.5 Å². The van der Waals surface area contributed by atoms with Crippen molar-refractivity contribution < 1.29 is 4.52 Å². The van der Waals surface area contributed by atoms with Gasteiger partial charge < -0.3 is 4.52 Å². The third-order valence-electron chi connectivity index (χ3n) is 5.60. The van der Waals surface area contributed by atoms with Gasteiger partial charge in [-0.15, -0.1) is 0 Å². The molecule has 2 aromatic heterocycles. The number of rotatable bonds is 6. The summed E-state index contributed by atoms with van der Waals surface area (Å²) in [6, 6.07) is 25.6. The van der Waals surface area contributed by atoms with Gasteiger partial charge in [0.25, 0.3) is 4.84 Å². The Balaban J connectivity index is 1.60. The van der Waals surface area contributed by atoms with Crippen molar-refractivity contribution in [2.45, 2.75) is 13.3 Å². The predicted molar refractivity (Wildman–Crippen MR) is 136 cm³/mol. The lowest BCUT2D eigenvalue weighted by Crippen LogP contribution is -1.95. The number of fused-ring (bicyclic) bond motifs is 1. The zero-order valence-electron chi connectivity index (χ0n) is 18.1. The molecule has 5 nitrogen and oxygen atoms in total. The van der Waals surface area contributed by atoms with Gasteiger partial charge in [0.1, 0.15) is 0 Å². The molecular weight excluding hydrogens is 428 g/mol. The van der Waals surface area contributed by atoms with E-state index >= 15 is 0 Å². The van der Waals surface area contributed by atoms with Crippen LogP contribution in [0.1, 0.15) is 41.4 Å². The van der Waals surface area contributed by atoms with E-state index in [1.807, 2.05) is 18.3 Å². The van der Waals surface area contributed by atoms with Crippen LogP contribution < -0.4 is 0 Å². The summed E-state index contributed by atoms with van der Waals surface area (Å²) in [5.41, 5.74) is 8.18. The lowest BCUT2D eigenvalue weighted by Gasteiger charge is -2.16. The Bertz CT molecular complexity index is 1510. The van der Waals surface area contributed by atoms with Crippen LogP contribution in [0.2, 0.25) is 0 Å². The molecule has 0 aliphatic heterocycles. The highest BCUT2D eigenvalue weighted by molar-refractivity contribution is 7.71. The van der Waals surface area contributed by atoms with Crippen LogP contribution in [0.4, 0.5) is 0 Å². The summed E-state index contributed by atoms with van der Waals surface area (Å²) < 4.78 is 4.90. The van der Waals surface area contributed by atoms with Crippen LogP contribution in [-0.4, -0.2) is 20.3 Å². The summed E-state index contributed by atoms with van der Waals surface area (Å²) in [5.74, 6) is 0.593. The molecule has 0 atom stereocenters. The molecule has 5 rings (SSSR count). The molecule has 2 N–H and O–H groups in total. The van der Waals surface area contributed by atoms with Crippen molar-refractivity contribution >= 4 is 46.4 Å². The van der Waals surface area contributed by atoms with E-state index in [1.165, 1.54) is 22.3 Å². The van der Waals surface area contributed by atoms with E-state index in [1.54, 1.807) is 0 Å². The second-order valence-corrected chi connectivity index (χ2v) is 8.05. The van der Waals surface area contributed by atoms with Crippen molar-refractivity contribution in [3.05, 3.63) is 112 Å². The molecule has 0 bridgehead atoms. The molecule has 0 fully saturated rings. The third kappa shape index (κ3) is 4.47. The van der Waals surface area contributed by atoms with Crippen LogP contribution in [0.5, 0.6) is 0 Å². The molecule has 3 aromatic carbocycles. The molecule has 5 aromatic rings. The number of H-pyrrole nitrogens is 2. The first-order valence-electron chi connectivity index (χ1n) is 10.8.